The molecule has 2 amide bonds. The average molecular weight is 517 g/mol. The summed E-state index contributed by atoms with van der Waals surface area (Å²) in [5.41, 5.74) is 1.55. The van der Waals surface area contributed by atoms with E-state index in [9.17, 15) is 14.0 Å². The molecule has 4 rings (SSSR count). The minimum atomic E-state index is -0.439. The number of halogens is 2. The van der Waals surface area contributed by atoms with Crippen LogP contribution in [0.4, 0.5) is 10.1 Å². The van der Waals surface area contributed by atoms with Crippen molar-refractivity contribution >= 4 is 29.1 Å². The van der Waals surface area contributed by atoms with E-state index >= 15 is 0 Å². The SMILES string of the molecule is CC(=O)N1CCC2(CC1)CNC[C@@H](CCc1c(F)cncc1NC(=O)[C@@H](C)Cc1ccc(Cl)cc1)O2. The zero-order chi connectivity index (χ0) is 25.7. The number of morpholine rings is 1. The summed E-state index contributed by atoms with van der Waals surface area (Å²) in [6.07, 6.45) is 5.74. The zero-order valence-electron chi connectivity index (χ0n) is 20.9. The maximum absolute atomic E-state index is 14.8. The van der Waals surface area contributed by atoms with E-state index in [0.29, 0.717) is 55.2 Å². The number of benzene rings is 1. The largest absolute Gasteiger partial charge is 0.369 e. The smallest absolute Gasteiger partial charge is 0.227 e. The van der Waals surface area contributed by atoms with Crippen molar-refractivity contribution in [2.45, 2.75) is 57.7 Å². The first kappa shape index (κ1) is 26.5. The molecular formula is C27H34ClFN4O3. The van der Waals surface area contributed by atoms with Gasteiger partial charge >= 0.3 is 0 Å². The molecule has 3 heterocycles. The van der Waals surface area contributed by atoms with Gasteiger partial charge in [-0.05, 0) is 49.8 Å². The molecule has 0 bridgehead atoms. The Kier molecular flexibility index (Phi) is 8.59. The molecular weight excluding hydrogens is 483 g/mol. The van der Waals surface area contributed by atoms with Gasteiger partial charge in [0.15, 0.2) is 0 Å². The number of piperidine rings is 1. The molecule has 0 aliphatic carbocycles. The zero-order valence-corrected chi connectivity index (χ0v) is 21.6. The standard InChI is InChI=1S/C27H34ClFN4O3/c1-18(13-20-3-5-21(28)6-4-20)26(35)32-25-16-30-15-24(29)23(25)8-7-22-14-31-17-27(36-22)9-11-33(12-10-27)19(2)34/h3-6,15-16,18,22,31H,7-14,17H2,1-2H3,(H,32,35)/t18-,22+/m0/s1. The first-order valence-corrected chi connectivity index (χ1v) is 12.9. The van der Waals surface area contributed by atoms with E-state index in [-0.39, 0.29) is 29.4 Å². The summed E-state index contributed by atoms with van der Waals surface area (Å²) < 4.78 is 21.3. The third-order valence-corrected chi connectivity index (χ3v) is 7.49. The summed E-state index contributed by atoms with van der Waals surface area (Å²) in [6.45, 7) is 6.25. The first-order valence-electron chi connectivity index (χ1n) is 12.6. The molecule has 9 heteroatoms. The Labute approximate surface area is 216 Å². The average Bonchev–Trinajstić information content (AvgIpc) is 2.85. The lowest BCUT2D eigenvalue weighted by Crippen LogP contribution is -2.58. The number of rotatable bonds is 7. The molecule has 2 saturated heterocycles. The normalized spacial score (nSPS) is 20.2. The highest BCUT2D eigenvalue weighted by atomic mass is 35.5. The maximum atomic E-state index is 14.8. The van der Waals surface area contributed by atoms with Crippen molar-refractivity contribution in [3.05, 3.63) is 58.6 Å². The fraction of sp³-hybridized carbons (Fsp3) is 0.519. The van der Waals surface area contributed by atoms with Gasteiger partial charge in [-0.1, -0.05) is 30.7 Å². The number of likely N-dealkylation sites (tertiary alicyclic amines) is 1. The molecule has 7 nitrogen and oxygen atoms in total. The van der Waals surface area contributed by atoms with Crippen molar-refractivity contribution in [2.24, 2.45) is 5.92 Å². The second-order valence-corrected chi connectivity index (χ2v) is 10.4. The minimum Gasteiger partial charge on any atom is -0.369 e. The Hall–Kier alpha value is -2.55. The quantitative estimate of drug-likeness (QED) is 0.581. The number of ether oxygens (including phenoxy) is 1. The Morgan fingerprint density at radius 1 is 1.28 bits per heavy atom. The number of hydrogen-bond donors (Lipinski definition) is 2. The Morgan fingerprint density at radius 3 is 2.69 bits per heavy atom. The van der Waals surface area contributed by atoms with Crippen LogP contribution in [-0.2, 0) is 27.2 Å². The topological polar surface area (TPSA) is 83.6 Å². The third kappa shape index (κ3) is 6.60. The van der Waals surface area contributed by atoms with Gasteiger partial charge in [-0.3, -0.25) is 14.6 Å². The number of carbonyl (C=O) groups excluding carboxylic acids is 2. The Bertz CT molecular complexity index is 1070. The minimum absolute atomic E-state index is 0.0810. The molecule has 2 fully saturated rings. The van der Waals surface area contributed by atoms with Crippen molar-refractivity contribution in [3.8, 4) is 0 Å². The van der Waals surface area contributed by atoms with E-state index in [2.05, 4.69) is 15.6 Å². The molecule has 0 radical (unpaired) electrons. The van der Waals surface area contributed by atoms with Crippen LogP contribution in [0.15, 0.2) is 36.7 Å². The van der Waals surface area contributed by atoms with Gasteiger partial charge in [0, 0.05) is 49.6 Å². The second-order valence-electron chi connectivity index (χ2n) is 9.97. The van der Waals surface area contributed by atoms with Gasteiger partial charge in [-0.15, -0.1) is 0 Å². The van der Waals surface area contributed by atoms with Gasteiger partial charge in [-0.25, -0.2) is 4.39 Å². The summed E-state index contributed by atoms with van der Waals surface area (Å²) in [4.78, 5) is 30.4. The van der Waals surface area contributed by atoms with E-state index in [4.69, 9.17) is 16.3 Å². The number of nitrogens with one attached hydrogen (secondary N) is 2. The summed E-state index contributed by atoms with van der Waals surface area (Å²) in [5.74, 6) is -0.846. The molecule has 36 heavy (non-hydrogen) atoms. The highest BCUT2D eigenvalue weighted by molar-refractivity contribution is 6.30. The lowest BCUT2D eigenvalue weighted by Gasteiger charge is -2.46. The summed E-state index contributed by atoms with van der Waals surface area (Å²) in [7, 11) is 0. The molecule has 1 aromatic carbocycles. The summed E-state index contributed by atoms with van der Waals surface area (Å²) >= 11 is 5.95. The van der Waals surface area contributed by atoms with E-state index in [0.717, 1.165) is 24.9 Å². The van der Waals surface area contributed by atoms with Crippen LogP contribution in [0.1, 0.15) is 44.2 Å². The lowest BCUT2D eigenvalue weighted by molar-refractivity contribution is -0.153. The second kappa shape index (κ2) is 11.7. The number of amides is 2. The molecule has 194 valence electrons. The number of carbonyl (C=O) groups is 2. The van der Waals surface area contributed by atoms with E-state index < -0.39 is 5.82 Å². The number of aromatic nitrogens is 1. The van der Waals surface area contributed by atoms with Crippen molar-refractivity contribution in [1.29, 1.82) is 0 Å². The predicted molar refractivity (Wildman–Crippen MR) is 137 cm³/mol. The molecule has 2 N–H and O–H groups in total. The Morgan fingerprint density at radius 2 is 2.00 bits per heavy atom. The number of pyridine rings is 1. The molecule has 2 aliphatic heterocycles. The molecule has 2 aliphatic rings. The maximum Gasteiger partial charge on any atom is 0.227 e. The highest BCUT2D eigenvalue weighted by Crippen LogP contribution is 2.31. The monoisotopic (exact) mass is 516 g/mol. The van der Waals surface area contributed by atoms with Crippen LogP contribution in [0.5, 0.6) is 0 Å². The Balaban J connectivity index is 1.35. The number of nitrogens with zero attached hydrogens (tertiary/aromatic N) is 2. The van der Waals surface area contributed by atoms with Crippen LogP contribution >= 0.6 is 11.6 Å². The van der Waals surface area contributed by atoms with E-state index in [1.165, 1.54) is 12.4 Å². The number of anilines is 1. The molecule has 2 atom stereocenters. The molecule has 1 aromatic heterocycles. The number of hydrogen-bond acceptors (Lipinski definition) is 5. The van der Waals surface area contributed by atoms with Gasteiger partial charge in [0.25, 0.3) is 0 Å². The van der Waals surface area contributed by atoms with Gasteiger partial charge in [0.05, 0.1) is 29.8 Å². The van der Waals surface area contributed by atoms with E-state index in [1.807, 2.05) is 24.0 Å². The van der Waals surface area contributed by atoms with Gasteiger partial charge in [-0.2, -0.15) is 0 Å². The van der Waals surface area contributed by atoms with Crippen molar-refractivity contribution < 1.29 is 18.7 Å². The van der Waals surface area contributed by atoms with Crippen LogP contribution in [0, 0.1) is 11.7 Å². The fourth-order valence-electron chi connectivity index (χ4n) is 5.03. The van der Waals surface area contributed by atoms with Crippen molar-refractivity contribution in [2.75, 3.05) is 31.5 Å². The van der Waals surface area contributed by atoms with Crippen LogP contribution in [0.3, 0.4) is 0 Å². The van der Waals surface area contributed by atoms with E-state index in [1.54, 1.807) is 19.1 Å². The fourth-order valence-corrected chi connectivity index (χ4v) is 5.16. The first-order chi connectivity index (χ1) is 17.2. The van der Waals surface area contributed by atoms with Crippen molar-refractivity contribution in [1.82, 2.24) is 15.2 Å². The molecule has 0 saturated carbocycles. The van der Waals surface area contributed by atoms with Gasteiger partial charge < -0.3 is 20.3 Å². The predicted octanol–water partition coefficient (Wildman–Crippen LogP) is 3.99. The van der Waals surface area contributed by atoms with Crippen LogP contribution in [0.25, 0.3) is 0 Å². The third-order valence-electron chi connectivity index (χ3n) is 7.24. The molecule has 2 aromatic rings. The van der Waals surface area contributed by atoms with Crippen LogP contribution in [-0.4, -0.2) is 59.6 Å². The lowest BCUT2D eigenvalue weighted by atomic mass is 9.88. The van der Waals surface area contributed by atoms with Crippen molar-refractivity contribution in [3.63, 3.8) is 0 Å². The molecule has 0 unspecified atom stereocenters. The van der Waals surface area contributed by atoms with Gasteiger partial charge in [0.1, 0.15) is 5.82 Å². The highest BCUT2D eigenvalue weighted by Gasteiger charge is 2.40. The van der Waals surface area contributed by atoms with Crippen LogP contribution < -0.4 is 10.6 Å². The van der Waals surface area contributed by atoms with Crippen LogP contribution in [0.2, 0.25) is 5.02 Å². The van der Waals surface area contributed by atoms with Gasteiger partial charge in [0.2, 0.25) is 11.8 Å². The summed E-state index contributed by atoms with van der Waals surface area (Å²) in [6, 6.07) is 7.40. The molecule has 1 spiro atoms. The summed E-state index contributed by atoms with van der Waals surface area (Å²) in [5, 5.41) is 7.00.